The van der Waals surface area contributed by atoms with Crippen LogP contribution in [0.2, 0.25) is 15.1 Å². The molecule has 3 rings (SSSR count). The molecule has 0 fully saturated rings. The monoisotopic (exact) mass is 353 g/mol. The molecular weight excluding hydrogens is 345 g/mol. The number of nitrogens with zero attached hydrogens (tertiary/aromatic N) is 1. The Morgan fingerprint density at radius 2 is 1.82 bits per heavy atom. The molecule has 2 aromatic carbocycles. The fourth-order valence-corrected chi connectivity index (χ4v) is 2.79. The van der Waals surface area contributed by atoms with Gasteiger partial charge in [-0.05, 0) is 24.3 Å². The van der Waals surface area contributed by atoms with Crippen LogP contribution in [0.5, 0.6) is 0 Å². The van der Waals surface area contributed by atoms with E-state index in [1.807, 2.05) is 6.07 Å². The lowest BCUT2D eigenvalue weighted by Crippen LogP contribution is -1.90. The predicted octanol–water partition coefficient (Wildman–Crippen LogP) is 5.46. The minimum Gasteiger partial charge on any atom is -0.391 e. The Kier molecular flexibility index (Phi) is 4.41. The third kappa shape index (κ3) is 2.73. The number of rotatable bonds is 3. The first kappa shape index (κ1) is 15.4. The molecule has 3 nitrogen and oxygen atoms in total. The molecule has 0 saturated heterocycles. The van der Waals surface area contributed by atoms with Gasteiger partial charge >= 0.3 is 0 Å². The van der Waals surface area contributed by atoms with Gasteiger partial charge in [-0.15, -0.1) is 0 Å². The second kappa shape index (κ2) is 6.31. The maximum atomic E-state index is 9.73. The fraction of sp³-hybridized carbons (Fsp3) is 0.0625. The van der Waals surface area contributed by atoms with E-state index in [1.165, 1.54) is 0 Å². The van der Waals surface area contributed by atoms with Crippen molar-refractivity contribution in [3.63, 3.8) is 0 Å². The molecule has 22 heavy (non-hydrogen) atoms. The first-order valence-electron chi connectivity index (χ1n) is 6.41. The first-order valence-corrected chi connectivity index (χ1v) is 7.55. The molecule has 0 saturated carbocycles. The third-order valence-corrected chi connectivity index (χ3v) is 4.29. The van der Waals surface area contributed by atoms with Gasteiger partial charge in [0.05, 0.1) is 22.2 Å². The van der Waals surface area contributed by atoms with Gasteiger partial charge in [0, 0.05) is 16.1 Å². The van der Waals surface area contributed by atoms with E-state index in [4.69, 9.17) is 39.3 Å². The minimum absolute atomic E-state index is 0.247. The number of aliphatic hydroxyl groups is 1. The van der Waals surface area contributed by atoms with Crippen LogP contribution >= 0.6 is 34.8 Å². The molecule has 0 aliphatic rings. The summed E-state index contributed by atoms with van der Waals surface area (Å²) in [6.45, 7) is -0.247. The van der Waals surface area contributed by atoms with Gasteiger partial charge in [-0.25, -0.2) is 0 Å². The van der Waals surface area contributed by atoms with Crippen LogP contribution in [0.1, 0.15) is 5.56 Å². The molecular formula is C16H10Cl3NO2. The van der Waals surface area contributed by atoms with Gasteiger partial charge in [-0.1, -0.05) is 58.2 Å². The molecule has 6 heteroatoms. The van der Waals surface area contributed by atoms with Crippen LogP contribution in [0.25, 0.3) is 22.6 Å². The second-order valence-electron chi connectivity index (χ2n) is 4.61. The quantitative estimate of drug-likeness (QED) is 0.679. The van der Waals surface area contributed by atoms with Crippen molar-refractivity contribution in [3.8, 4) is 22.6 Å². The summed E-state index contributed by atoms with van der Waals surface area (Å²) in [7, 11) is 0. The van der Waals surface area contributed by atoms with E-state index in [1.54, 1.807) is 36.4 Å². The molecule has 0 radical (unpaired) electrons. The zero-order valence-electron chi connectivity index (χ0n) is 11.2. The Hall–Kier alpha value is -1.52. The maximum Gasteiger partial charge on any atom is 0.174 e. The summed E-state index contributed by atoms with van der Waals surface area (Å²) in [5.74, 6) is 0.393. The zero-order valence-corrected chi connectivity index (χ0v) is 13.5. The summed E-state index contributed by atoms with van der Waals surface area (Å²) in [5.41, 5.74) is 2.39. The molecule has 3 aromatic rings. The van der Waals surface area contributed by atoms with Crippen LogP contribution in [-0.2, 0) is 6.61 Å². The van der Waals surface area contributed by atoms with Gasteiger partial charge in [0.1, 0.15) is 5.69 Å². The smallest absolute Gasteiger partial charge is 0.174 e. The minimum atomic E-state index is -0.247. The van der Waals surface area contributed by atoms with Crippen molar-refractivity contribution in [3.05, 3.63) is 63.1 Å². The van der Waals surface area contributed by atoms with Crippen molar-refractivity contribution >= 4 is 34.8 Å². The number of hydrogen-bond acceptors (Lipinski definition) is 3. The highest BCUT2D eigenvalue weighted by Gasteiger charge is 2.21. The number of aromatic nitrogens is 1. The average Bonchev–Trinajstić information content (AvgIpc) is 2.93. The van der Waals surface area contributed by atoms with E-state index in [-0.39, 0.29) is 6.61 Å². The molecule has 112 valence electrons. The molecule has 0 aliphatic heterocycles. The number of hydrogen-bond donors (Lipinski definition) is 1. The largest absolute Gasteiger partial charge is 0.391 e. The average molecular weight is 355 g/mol. The molecule has 0 spiro atoms. The van der Waals surface area contributed by atoms with E-state index in [0.717, 1.165) is 5.56 Å². The van der Waals surface area contributed by atoms with Crippen LogP contribution in [0.4, 0.5) is 0 Å². The Morgan fingerprint density at radius 3 is 2.55 bits per heavy atom. The molecule has 0 amide bonds. The summed E-state index contributed by atoms with van der Waals surface area (Å²) in [6.07, 6.45) is 0. The summed E-state index contributed by atoms with van der Waals surface area (Å²) in [6, 6.07) is 12.4. The van der Waals surface area contributed by atoms with Crippen LogP contribution < -0.4 is 0 Å². The highest BCUT2D eigenvalue weighted by molar-refractivity contribution is 6.43. The highest BCUT2D eigenvalue weighted by Crippen LogP contribution is 2.38. The standard InChI is InChI=1S/C16H10Cl3NO2/c17-10-4-1-3-9(7-10)15-12(8-21)16(22-20-15)11-5-2-6-13(18)14(11)19/h1-7,21H,8H2. The summed E-state index contributed by atoms with van der Waals surface area (Å²) >= 11 is 18.2. The summed E-state index contributed by atoms with van der Waals surface area (Å²) < 4.78 is 5.41. The van der Waals surface area contributed by atoms with Gasteiger partial charge < -0.3 is 9.63 Å². The van der Waals surface area contributed by atoms with Crippen LogP contribution in [0.15, 0.2) is 47.0 Å². The molecule has 0 unspecified atom stereocenters. The van der Waals surface area contributed by atoms with Crippen molar-refractivity contribution in [1.82, 2.24) is 5.16 Å². The molecule has 1 aromatic heterocycles. The van der Waals surface area contributed by atoms with Crippen LogP contribution in [-0.4, -0.2) is 10.3 Å². The molecule has 1 heterocycles. The van der Waals surface area contributed by atoms with Gasteiger partial charge in [0.2, 0.25) is 0 Å². The Labute approximate surface area is 142 Å². The molecule has 0 bridgehead atoms. The van der Waals surface area contributed by atoms with Gasteiger partial charge in [0.15, 0.2) is 5.76 Å². The van der Waals surface area contributed by atoms with Crippen LogP contribution in [0, 0.1) is 0 Å². The van der Waals surface area contributed by atoms with Crippen molar-refractivity contribution in [1.29, 1.82) is 0 Å². The van der Waals surface area contributed by atoms with E-state index < -0.39 is 0 Å². The van der Waals surface area contributed by atoms with Gasteiger partial charge in [-0.2, -0.15) is 0 Å². The topological polar surface area (TPSA) is 46.3 Å². The Bertz CT molecular complexity index is 830. The normalized spacial score (nSPS) is 10.9. The summed E-state index contributed by atoms with van der Waals surface area (Å²) in [4.78, 5) is 0. The Balaban J connectivity index is 2.18. The molecule has 1 N–H and O–H groups in total. The van der Waals surface area contributed by atoms with Crippen molar-refractivity contribution in [2.75, 3.05) is 0 Å². The van der Waals surface area contributed by atoms with Crippen LogP contribution in [0.3, 0.4) is 0 Å². The highest BCUT2D eigenvalue weighted by atomic mass is 35.5. The Morgan fingerprint density at radius 1 is 1.05 bits per heavy atom. The molecule has 0 atom stereocenters. The van der Waals surface area contributed by atoms with Gasteiger partial charge in [0.25, 0.3) is 0 Å². The van der Waals surface area contributed by atoms with Crippen molar-refractivity contribution in [2.24, 2.45) is 0 Å². The van der Waals surface area contributed by atoms with Gasteiger partial charge in [-0.3, -0.25) is 0 Å². The first-order chi connectivity index (χ1) is 10.6. The SMILES string of the molecule is OCc1c(-c2cccc(Cl)c2)noc1-c1cccc(Cl)c1Cl. The summed E-state index contributed by atoms with van der Waals surface area (Å²) in [5, 5.41) is 15.1. The molecule has 0 aliphatic carbocycles. The van der Waals surface area contributed by atoms with E-state index in [9.17, 15) is 5.11 Å². The number of benzene rings is 2. The number of aliphatic hydroxyl groups excluding tert-OH is 1. The maximum absolute atomic E-state index is 9.73. The lowest BCUT2D eigenvalue weighted by molar-refractivity contribution is 0.281. The zero-order chi connectivity index (χ0) is 15.7. The number of halogens is 3. The second-order valence-corrected chi connectivity index (χ2v) is 5.83. The van der Waals surface area contributed by atoms with E-state index in [0.29, 0.717) is 37.6 Å². The predicted molar refractivity (Wildman–Crippen MR) is 88.3 cm³/mol. The third-order valence-electron chi connectivity index (χ3n) is 3.24. The lowest BCUT2D eigenvalue weighted by atomic mass is 10.0. The van der Waals surface area contributed by atoms with E-state index in [2.05, 4.69) is 5.16 Å². The lowest BCUT2D eigenvalue weighted by Gasteiger charge is -2.04. The van der Waals surface area contributed by atoms with Crippen molar-refractivity contribution < 1.29 is 9.63 Å². The fourth-order valence-electron chi connectivity index (χ4n) is 2.21. The van der Waals surface area contributed by atoms with Crippen molar-refractivity contribution in [2.45, 2.75) is 6.61 Å². The van der Waals surface area contributed by atoms with E-state index >= 15 is 0 Å².